The largest absolute Gasteiger partial charge is 0.349 e. The van der Waals surface area contributed by atoms with E-state index in [0.717, 1.165) is 48.9 Å². The van der Waals surface area contributed by atoms with E-state index < -0.39 is 0 Å². The maximum Gasteiger partial charge on any atom is 0.242 e. The summed E-state index contributed by atoms with van der Waals surface area (Å²) in [5.41, 5.74) is 1.39. The molecule has 0 unspecified atom stereocenters. The van der Waals surface area contributed by atoms with Crippen molar-refractivity contribution in [3.8, 4) is 11.4 Å². The zero-order valence-electron chi connectivity index (χ0n) is 17.0. The predicted octanol–water partition coefficient (Wildman–Crippen LogP) is 3.44. The second-order valence-corrected chi connectivity index (χ2v) is 8.80. The maximum atomic E-state index is 13.6. The highest BCUT2D eigenvalue weighted by Gasteiger charge is 2.40. The molecule has 0 saturated carbocycles. The number of amides is 1. The number of hydrogen-bond acceptors (Lipinski definition) is 4. The lowest BCUT2D eigenvalue weighted by molar-refractivity contribution is -0.123. The lowest BCUT2D eigenvalue weighted by Crippen LogP contribution is -2.56. The molecule has 0 aliphatic carbocycles. The van der Waals surface area contributed by atoms with Crippen LogP contribution in [0.25, 0.3) is 11.4 Å². The molecule has 1 saturated heterocycles. The van der Waals surface area contributed by atoms with Gasteiger partial charge >= 0.3 is 0 Å². The molecule has 0 atom stereocenters. The van der Waals surface area contributed by atoms with Crippen molar-refractivity contribution in [3.63, 3.8) is 0 Å². The Balaban J connectivity index is 1.33. The van der Waals surface area contributed by atoms with Crippen LogP contribution in [0.4, 0.5) is 4.39 Å². The molecule has 2 aliphatic heterocycles. The Morgan fingerprint density at radius 3 is 2.71 bits per heavy atom. The Morgan fingerprint density at radius 2 is 1.94 bits per heavy atom. The molecule has 8 heteroatoms. The van der Waals surface area contributed by atoms with Gasteiger partial charge in [0, 0.05) is 42.2 Å². The Bertz CT molecular complexity index is 1120. The van der Waals surface area contributed by atoms with Crippen LogP contribution in [0.2, 0.25) is 5.02 Å². The van der Waals surface area contributed by atoms with Gasteiger partial charge in [0.25, 0.3) is 0 Å². The van der Waals surface area contributed by atoms with Crippen molar-refractivity contribution in [2.75, 3.05) is 13.1 Å². The van der Waals surface area contributed by atoms with Crippen LogP contribution in [0.5, 0.6) is 0 Å². The molecule has 1 spiro atoms. The number of aromatic nitrogens is 3. The maximum absolute atomic E-state index is 13.6. The number of nitrogens with one attached hydrogen (secondary N) is 1. The molecule has 2 aromatic carbocycles. The molecule has 3 aromatic rings. The van der Waals surface area contributed by atoms with Crippen LogP contribution in [0, 0.1) is 5.82 Å². The van der Waals surface area contributed by atoms with Crippen molar-refractivity contribution in [1.82, 2.24) is 25.0 Å². The van der Waals surface area contributed by atoms with E-state index >= 15 is 0 Å². The first kappa shape index (κ1) is 20.2. The average Bonchev–Trinajstić information content (AvgIpc) is 3.07. The quantitative estimate of drug-likeness (QED) is 0.679. The van der Waals surface area contributed by atoms with Gasteiger partial charge in [-0.2, -0.15) is 5.10 Å². The molecule has 160 valence electrons. The Hall–Kier alpha value is -2.77. The van der Waals surface area contributed by atoms with Gasteiger partial charge < -0.3 is 5.32 Å². The van der Waals surface area contributed by atoms with E-state index in [-0.39, 0.29) is 23.8 Å². The molecule has 0 bridgehead atoms. The summed E-state index contributed by atoms with van der Waals surface area (Å²) in [4.78, 5) is 19.7. The third-order valence-electron chi connectivity index (χ3n) is 6.19. The molecular formula is C23H23ClFN5O. The number of halogens is 2. The van der Waals surface area contributed by atoms with Crippen LogP contribution in [0.15, 0.2) is 48.5 Å². The third kappa shape index (κ3) is 4.20. The predicted molar refractivity (Wildman–Crippen MR) is 116 cm³/mol. The molecule has 1 N–H and O–H groups in total. The van der Waals surface area contributed by atoms with E-state index in [1.807, 2.05) is 18.2 Å². The summed E-state index contributed by atoms with van der Waals surface area (Å²) in [6.45, 7) is 2.64. The number of nitrogens with zero attached hydrogens (tertiary/aromatic N) is 4. The topological polar surface area (TPSA) is 63.1 Å². The average molecular weight is 440 g/mol. The highest BCUT2D eigenvalue weighted by atomic mass is 35.5. The highest BCUT2D eigenvalue weighted by Crippen LogP contribution is 2.30. The molecule has 5 rings (SSSR count). The van der Waals surface area contributed by atoms with E-state index in [0.29, 0.717) is 17.8 Å². The summed E-state index contributed by atoms with van der Waals surface area (Å²) in [6, 6.07) is 14.1. The highest BCUT2D eigenvalue weighted by molar-refractivity contribution is 6.31. The van der Waals surface area contributed by atoms with Gasteiger partial charge in [-0.15, -0.1) is 0 Å². The Kier molecular flexibility index (Phi) is 5.24. The summed E-state index contributed by atoms with van der Waals surface area (Å²) < 4.78 is 15.3. The molecule has 31 heavy (non-hydrogen) atoms. The first-order valence-electron chi connectivity index (χ1n) is 10.5. The molecule has 2 aliphatic rings. The SMILES string of the molecule is O=C1Cn2nc(-c3cccc(F)c3)nc2CC2(CCN(Cc3ccccc3Cl)CC2)N1. The normalized spacial score (nSPS) is 18.5. The van der Waals surface area contributed by atoms with E-state index in [4.69, 9.17) is 11.6 Å². The van der Waals surface area contributed by atoms with Crippen LogP contribution in [-0.4, -0.2) is 44.2 Å². The number of hydrogen-bond donors (Lipinski definition) is 1. The zero-order chi connectivity index (χ0) is 21.4. The molecule has 1 fully saturated rings. The number of carbonyl (C=O) groups excluding carboxylic acids is 1. The third-order valence-corrected chi connectivity index (χ3v) is 6.56. The fourth-order valence-corrected chi connectivity index (χ4v) is 4.70. The monoisotopic (exact) mass is 439 g/mol. The van der Waals surface area contributed by atoms with Crippen molar-refractivity contribution in [2.24, 2.45) is 0 Å². The van der Waals surface area contributed by atoms with Crippen molar-refractivity contribution in [2.45, 2.75) is 37.9 Å². The van der Waals surface area contributed by atoms with E-state index in [1.54, 1.807) is 16.8 Å². The lowest BCUT2D eigenvalue weighted by Gasteiger charge is -2.41. The lowest BCUT2D eigenvalue weighted by atomic mass is 9.84. The fraction of sp³-hybridized carbons (Fsp3) is 0.348. The minimum absolute atomic E-state index is 0.0611. The minimum atomic E-state index is -0.339. The molecular weight excluding hydrogens is 417 g/mol. The van der Waals surface area contributed by atoms with Gasteiger partial charge in [0.05, 0.1) is 0 Å². The van der Waals surface area contributed by atoms with Crippen molar-refractivity contribution >= 4 is 17.5 Å². The number of piperidine rings is 1. The second-order valence-electron chi connectivity index (χ2n) is 8.39. The van der Waals surface area contributed by atoms with Gasteiger partial charge in [-0.25, -0.2) is 14.1 Å². The van der Waals surface area contributed by atoms with Crippen molar-refractivity contribution in [3.05, 3.63) is 70.8 Å². The van der Waals surface area contributed by atoms with Gasteiger partial charge in [0.15, 0.2) is 5.82 Å². The molecule has 0 radical (unpaired) electrons. The van der Waals surface area contributed by atoms with Crippen LogP contribution in [0.3, 0.4) is 0 Å². The summed E-state index contributed by atoms with van der Waals surface area (Å²) in [5.74, 6) is 0.823. The standard InChI is InChI=1S/C23H23ClFN5O/c24-19-7-2-1-4-17(19)14-29-10-8-23(9-11-29)13-20-26-22(16-5-3-6-18(25)12-16)28-30(20)15-21(31)27-23/h1-7,12H,8-11,13-15H2,(H,27,31). The molecule has 1 aromatic heterocycles. The van der Waals surface area contributed by atoms with E-state index in [1.165, 1.54) is 12.1 Å². The van der Waals surface area contributed by atoms with Crippen LogP contribution in [-0.2, 0) is 24.3 Å². The van der Waals surface area contributed by atoms with Gasteiger partial charge in [-0.3, -0.25) is 9.69 Å². The smallest absolute Gasteiger partial charge is 0.242 e. The van der Waals surface area contributed by atoms with Gasteiger partial charge in [-0.1, -0.05) is 41.9 Å². The van der Waals surface area contributed by atoms with E-state index in [9.17, 15) is 9.18 Å². The summed E-state index contributed by atoms with van der Waals surface area (Å²) in [7, 11) is 0. The molecule has 6 nitrogen and oxygen atoms in total. The molecule has 1 amide bonds. The first-order chi connectivity index (χ1) is 15.0. The summed E-state index contributed by atoms with van der Waals surface area (Å²) >= 11 is 6.32. The van der Waals surface area contributed by atoms with Gasteiger partial charge in [-0.05, 0) is 36.6 Å². The van der Waals surface area contributed by atoms with Crippen molar-refractivity contribution < 1.29 is 9.18 Å². The Labute approximate surface area is 185 Å². The number of rotatable bonds is 3. The number of carbonyl (C=O) groups is 1. The van der Waals surface area contributed by atoms with Crippen LogP contribution >= 0.6 is 11.6 Å². The number of benzene rings is 2. The molecule has 3 heterocycles. The summed E-state index contributed by atoms with van der Waals surface area (Å²) in [5, 5.41) is 8.50. The number of likely N-dealkylation sites (tertiary alicyclic amines) is 1. The fourth-order valence-electron chi connectivity index (χ4n) is 4.51. The zero-order valence-corrected chi connectivity index (χ0v) is 17.8. The van der Waals surface area contributed by atoms with E-state index in [2.05, 4.69) is 26.4 Å². The van der Waals surface area contributed by atoms with Crippen LogP contribution in [0.1, 0.15) is 24.2 Å². The summed E-state index contributed by atoms with van der Waals surface area (Å²) in [6.07, 6.45) is 2.26. The van der Waals surface area contributed by atoms with Crippen LogP contribution < -0.4 is 5.32 Å². The van der Waals surface area contributed by atoms with Gasteiger partial charge in [0.2, 0.25) is 5.91 Å². The first-order valence-corrected chi connectivity index (χ1v) is 10.8. The Morgan fingerprint density at radius 1 is 1.13 bits per heavy atom. The second kappa shape index (κ2) is 8.05. The van der Waals surface area contributed by atoms with Gasteiger partial charge in [0.1, 0.15) is 18.2 Å². The number of fused-ring (bicyclic) bond motifs is 1. The van der Waals surface area contributed by atoms with Crippen molar-refractivity contribution in [1.29, 1.82) is 0 Å². The minimum Gasteiger partial charge on any atom is -0.349 e.